The van der Waals surface area contributed by atoms with Gasteiger partial charge in [-0.3, -0.25) is 0 Å². The van der Waals surface area contributed by atoms with Gasteiger partial charge < -0.3 is 11.5 Å². The van der Waals surface area contributed by atoms with Crippen molar-refractivity contribution in [2.75, 3.05) is 11.5 Å². The normalized spacial score (nSPS) is 9.79. The number of fused-ring (bicyclic) bond motifs is 1. The van der Waals surface area contributed by atoms with Crippen molar-refractivity contribution in [3.63, 3.8) is 0 Å². The highest BCUT2D eigenvalue weighted by molar-refractivity contribution is 6.31. The fraction of sp³-hybridized carbons (Fsp3) is 0. The van der Waals surface area contributed by atoms with Crippen molar-refractivity contribution < 1.29 is 0 Å². The summed E-state index contributed by atoms with van der Waals surface area (Å²) in [7, 11) is 0. The Balaban J connectivity index is 0.000000980. The number of aromatic nitrogens is 2. The fourth-order valence-electron chi connectivity index (χ4n) is 1.15. The molecule has 2 aromatic rings. The number of hydrogen-bond donors (Lipinski definition) is 2. The molecule has 0 bridgehead atoms. The molecule has 0 atom stereocenters. The zero-order chi connectivity index (χ0) is 9.42. The summed E-state index contributed by atoms with van der Waals surface area (Å²) in [6, 6.07) is 5.21. The van der Waals surface area contributed by atoms with Gasteiger partial charge in [0.1, 0.15) is 5.82 Å². The maximum atomic E-state index is 5.78. The van der Waals surface area contributed by atoms with Crippen molar-refractivity contribution in [2.24, 2.45) is 0 Å². The monoisotopic (exact) mass is 230 g/mol. The van der Waals surface area contributed by atoms with E-state index in [2.05, 4.69) is 9.97 Å². The highest BCUT2D eigenvalue weighted by Gasteiger charge is 2.02. The second-order valence-electron chi connectivity index (χ2n) is 2.63. The van der Waals surface area contributed by atoms with Crippen LogP contribution in [0.15, 0.2) is 18.2 Å². The van der Waals surface area contributed by atoms with Crippen LogP contribution in [0.1, 0.15) is 0 Å². The largest absolute Gasteiger partial charge is 0.383 e. The van der Waals surface area contributed by atoms with Gasteiger partial charge in [0, 0.05) is 10.4 Å². The smallest absolute Gasteiger partial charge is 0.222 e. The van der Waals surface area contributed by atoms with Crippen LogP contribution in [0.3, 0.4) is 0 Å². The molecule has 0 fully saturated rings. The molecule has 4 nitrogen and oxygen atoms in total. The van der Waals surface area contributed by atoms with Crippen LogP contribution in [0.4, 0.5) is 11.8 Å². The maximum absolute atomic E-state index is 5.78. The Kier molecular flexibility index (Phi) is 2.98. The van der Waals surface area contributed by atoms with E-state index in [1.807, 2.05) is 0 Å². The summed E-state index contributed by atoms with van der Waals surface area (Å²) in [5.41, 5.74) is 11.7. The van der Waals surface area contributed by atoms with Gasteiger partial charge in [-0.25, -0.2) is 4.98 Å². The zero-order valence-corrected chi connectivity index (χ0v) is 8.64. The van der Waals surface area contributed by atoms with Crippen LogP contribution in [0.2, 0.25) is 5.02 Å². The number of rotatable bonds is 0. The quantitative estimate of drug-likeness (QED) is 0.725. The van der Waals surface area contributed by atoms with E-state index in [4.69, 9.17) is 23.1 Å². The van der Waals surface area contributed by atoms with E-state index in [1.165, 1.54) is 0 Å². The lowest BCUT2D eigenvalue weighted by Gasteiger charge is -2.01. The first-order chi connectivity index (χ1) is 6.16. The predicted octanol–water partition coefficient (Wildman–Crippen LogP) is 1.87. The Labute approximate surface area is 91.7 Å². The zero-order valence-electron chi connectivity index (χ0n) is 7.07. The van der Waals surface area contributed by atoms with E-state index in [1.54, 1.807) is 18.2 Å². The standard InChI is InChI=1S/C8H7ClN4.ClH/c9-4-1-2-5-6(3-4)12-8(11)13-7(5)10;/h1-3H,(H4,10,11,12,13);1H. The van der Waals surface area contributed by atoms with Gasteiger partial charge in [0.05, 0.1) is 5.52 Å². The van der Waals surface area contributed by atoms with E-state index in [-0.39, 0.29) is 18.4 Å². The van der Waals surface area contributed by atoms with Gasteiger partial charge in [-0.05, 0) is 18.2 Å². The Hall–Kier alpha value is -1.26. The predicted molar refractivity (Wildman–Crippen MR) is 60.6 cm³/mol. The number of benzene rings is 1. The number of nitrogens with two attached hydrogens (primary N) is 2. The number of nitrogens with zero attached hydrogens (tertiary/aromatic N) is 2. The Morgan fingerprint density at radius 2 is 1.86 bits per heavy atom. The van der Waals surface area contributed by atoms with Crippen LogP contribution < -0.4 is 11.5 Å². The summed E-state index contributed by atoms with van der Waals surface area (Å²) in [4.78, 5) is 7.83. The second-order valence-corrected chi connectivity index (χ2v) is 3.06. The molecule has 2 rings (SSSR count). The lowest BCUT2D eigenvalue weighted by Crippen LogP contribution is -2.00. The van der Waals surface area contributed by atoms with Crippen LogP contribution in [0.25, 0.3) is 10.9 Å². The van der Waals surface area contributed by atoms with Gasteiger partial charge in [0.15, 0.2) is 0 Å². The maximum Gasteiger partial charge on any atom is 0.222 e. The van der Waals surface area contributed by atoms with Crippen molar-refractivity contribution in [2.45, 2.75) is 0 Å². The number of nitrogen functional groups attached to an aromatic ring is 2. The third kappa shape index (κ3) is 1.81. The molecule has 0 amide bonds. The first-order valence-electron chi connectivity index (χ1n) is 3.65. The average molecular weight is 231 g/mol. The molecule has 0 aliphatic carbocycles. The van der Waals surface area contributed by atoms with Gasteiger partial charge in [-0.2, -0.15) is 4.98 Å². The molecule has 0 aliphatic rings. The number of halogens is 2. The summed E-state index contributed by atoms with van der Waals surface area (Å²) in [6.45, 7) is 0. The minimum absolute atomic E-state index is 0. The van der Waals surface area contributed by atoms with Gasteiger partial charge in [0.25, 0.3) is 0 Å². The highest BCUT2D eigenvalue weighted by atomic mass is 35.5. The molecule has 0 aliphatic heterocycles. The van der Waals surface area contributed by atoms with Crippen LogP contribution >= 0.6 is 24.0 Å². The third-order valence-electron chi connectivity index (χ3n) is 1.71. The molecular weight excluding hydrogens is 223 g/mol. The third-order valence-corrected chi connectivity index (χ3v) is 1.94. The van der Waals surface area contributed by atoms with Crippen LogP contribution in [-0.4, -0.2) is 9.97 Å². The molecule has 0 saturated carbocycles. The van der Waals surface area contributed by atoms with E-state index in [0.29, 0.717) is 16.4 Å². The molecule has 14 heavy (non-hydrogen) atoms. The van der Waals surface area contributed by atoms with Gasteiger partial charge in [0.2, 0.25) is 5.95 Å². The van der Waals surface area contributed by atoms with E-state index in [9.17, 15) is 0 Å². The average Bonchev–Trinajstić information content (AvgIpc) is 2.02. The molecule has 0 spiro atoms. The summed E-state index contributed by atoms with van der Waals surface area (Å²) in [5, 5.41) is 1.36. The van der Waals surface area contributed by atoms with E-state index in [0.717, 1.165) is 5.39 Å². The topological polar surface area (TPSA) is 77.8 Å². The molecule has 0 unspecified atom stereocenters. The van der Waals surface area contributed by atoms with Gasteiger partial charge in [-0.1, -0.05) is 11.6 Å². The minimum Gasteiger partial charge on any atom is -0.383 e. The van der Waals surface area contributed by atoms with Crippen molar-refractivity contribution in [3.8, 4) is 0 Å². The number of anilines is 2. The molecule has 0 saturated heterocycles. The minimum atomic E-state index is 0. The summed E-state index contributed by atoms with van der Waals surface area (Å²) in [5.74, 6) is 0.534. The summed E-state index contributed by atoms with van der Waals surface area (Å²) >= 11 is 5.78. The molecule has 74 valence electrons. The SMILES string of the molecule is Cl.Nc1nc(N)c2ccc(Cl)cc2n1. The Bertz CT molecular complexity index is 467. The highest BCUT2D eigenvalue weighted by Crippen LogP contribution is 2.21. The molecule has 1 aromatic carbocycles. The summed E-state index contributed by atoms with van der Waals surface area (Å²) < 4.78 is 0. The fourth-order valence-corrected chi connectivity index (χ4v) is 1.31. The molecule has 0 radical (unpaired) electrons. The Morgan fingerprint density at radius 3 is 2.57 bits per heavy atom. The van der Waals surface area contributed by atoms with Crippen LogP contribution in [0, 0.1) is 0 Å². The second kappa shape index (κ2) is 3.86. The Morgan fingerprint density at radius 1 is 1.14 bits per heavy atom. The molecule has 1 aromatic heterocycles. The first-order valence-corrected chi connectivity index (χ1v) is 4.03. The van der Waals surface area contributed by atoms with Crippen molar-refractivity contribution >= 4 is 46.7 Å². The van der Waals surface area contributed by atoms with Crippen molar-refractivity contribution in [3.05, 3.63) is 23.2 Å². The van der Waals surface area contributed by atoms with Gasteiger partial charge in [-0.15, -0.1) is 12.4 Å². The number of hydrogen-bond acceptors (Lipinski definition) is 4. The van der Waals surface area contributed by atoms with E-state index >= 15 is 0 Å². The van der Waals surface area contributed by atoms with Crippen LogP contribution in [0.5, 0.6) is 0 Å². The molecule has 6 heteroatoms. The van der Waals surface area contributed by atoms with Crippen LogP contribution in [-0.2, 0) is 0 Å². The first kappa shape index (κ1) is 10.8. The van der Waals surface area contributed by atoms with E-state index < -0.39 is 0 Å². The van der Waals surface area contributed by atoms with Gasteiger partial charge >= 0.3 is 0 Å². The van der Waals surface area contributed by atoms with Crippen molar-refractivity contribution in [1.82, 2.24) is 9.97 Å². The lowest BCUT2D eigenvalue weighted by molar-refractivity contribution is 1.25. The molecule has 1 heterocycles. The molecular formula is C8H8Cl2N4. The van der Waals surface area contributed by atoms with Crippen molar-refractivity contribution in [1.29, 1.82) is 0 Å². The molecule has 4 N–H and O–H groups in total. The lowest BCUT2D eigenvalue weighted by atomic mass is 10.2. The summed E-state index contributed by atoms with van der Waals surface area (Å²) in [6.07, 6.45) is 0.